The molecule has 0 aromatic heterocycles. The Morgan fingerprint density at radius 2 is 1.55 bits per heavy atom. The van der Waals surface area contributed by atoms with E-state index in [0.717, 1.165) is 0 Å². The van der Waals surface area contributed by atoms with Gasteiger partial charge in [-0.15, -0.1) is 0 Å². The monoisotopic (exact) mass is 797 g/mol. The van der Waals surface area contributed by atoms with Gasteiger partial charge in [-0.1, -0.05) is 47.6 Å². The van der Waals surface area contributed by atoms with Crippen LogP contribution in [0.1, 0.15) is 72.8 Å². The number of Topliss-reactive ketones (excluding diaryl/α,β-unsaturated/α-hetero) is 1. The van der Waals surface area contributed by atoms with Crippen molar-refractivity contribution in [3.8, 4) is 5.75 Å². The molecule has 1 heterocycles. The Labute approximate surface area is 326 Å². The molecular weight excluding hydrogens is 738 g/mol. The molecule has 5 amide bonds. The summed E-state index contributed by atoms with van der Waals surface area (Å²) in [6, 6.07) is 1.20. The maximum Gasteiger partial charge on any atom is 0.312 e. The average Bonchev–Trinajstić information content (AvgIpc) is 3.14. The van der Waals surface area contributed by atoms with Gasteiger partial charge in [-0.2, -0.15) is 0 Å². The number of nitrogens with one attached hydrogen (secondary N) is 4. The summed E-state index contributed by atoms with van der Waals surface area (Å²) in [5.74, 6) is -3.47. The molecule has 56 heavy (non-hydrogen) atoms. The zero-order valence-corrected chi connectivity index (χ0v) is 32.8. The van der Waals surface area contributed by atoms with Gasteiger partial charge in [0.15, 0.2) is 0 Å². The summed E-state index contributed by atoms with van der Waals surface area (Å²) >= 11 is 0. The second kappa shape index (κ2) is 23.6. The number of benzene rings is 1. The first-order valence-corrected chi connectivity index (χ1v) is 18.7. The topological polar surface area (TPSA) is 294 Å². The van der Waals surface area contributed by atoms with Crippen molar-refractivity contribution in [1.29, 1.82) is 0 Å². The summed E-state index contributed by atoms with van der Waals surface area (Å²) in [6.07, 6.45) is -7.87. The summed E-state index contributed by atoms with van der Waals surface area (Å²) in [5.41, 5.74) is 5.56. The molecule has 1 fully saturated rings. The van der Waals surface area contributed by atoms with E-state index in [-0.39, 0.29) is 75.2 Å². The van der Waals surface area contributed by atoms with Gasteiger partial charge < -0.3 is 66.4 Å². The van der Waals surface area contributed by atoms with E-state index in [0.29, 0.717) is 5.56 Å². The maximum absolute atomic E-state index is 13.9. The van der Waals surface area contributed by atoms with E-state index < -0.39 is 91.0 Å². The first kappa shape index (κ1) is 47.8. The summed E-state index contributed by atoms with van der Waals surface area (Å²) in [4.78, 5) is 75.5. The second-order valence-corrected chi connectivity index (χ2v) is 14.4. The fourth-order valence-corrected chi connectivity index (χ4v) is 5.25. The average molecular weight is 798 g/mol. The fraction of sp³-hybridized carbons (Fsp3) is 0.676. The number of esters is 1. The van der Waals surface area contributed by atoms with Crippen molar-refractivity contribution in [2.45, 2.75) is 117 Å². The van der Waals surface area contributed by atoms with Gasteiger partial charge in [0.1, 0.15) is 54.6 Å². The van der Waals surface area contributed by atoms with Crippen LogP contribution in [-0.4, -0.2) is 125 Å². The molecule has 2 rings (SSSR count). The van der Waals surface area contributed by atoms with Crippen LogP contribution < -0.4 is 31.7 Å². The molecule has 7 atom stereocenters. The number of carbonyl (C=O) groups excluding carboxylic acids is 6. The highest BCUT2D eigenvalue weighted by Crippen LogP contribution is 2.31. The Morgan fingerprint density at radius 1 is 0.875 bits per heavy atom. The van der Waals surface area contributed by atoms with Crippen LogP contribution in [0.15, 0.2) is 18.2 Å². The van der Waals surface area contributed by atoms with Gasteiger partial charge in [-0.25, -0.2) is 4.79 Å². The standard InChI is InChI=1S/C37H59N5O14/c1-19(2)25(44)11-14-53-15-12-28(45)42-29(20(3)4)34(50)41-24(8-7-13-39-37(38)52)33(49)40-23-10-9-22(18-54-35(51)21(5)6)16-26(23)55-36-32(48)31(47)30(46)27(17-43)56-36/h9-10,16,19-21,24,27,29-32,36,43,46-48H,7-8,11-15,17-18H2,1-6H3,(H,40,49)(H,41,50)(H,42,45)(H3,38,39,52)/t24-,27+,29-,30+,31-,32+,36+/m0/s1. The number of primary amides is 1. The third-order valence-corrected chi connectivity index (χ3v) is 8.73. The SMILES string of the molecule is CC(C)C(=O)CCOCCC(=O)N[C@H](C(=O)N[C@@H](CCCNC(N)=O)C(=O)Nc1ccc(COC(=O)C(C)C)cc1O[C@@H]1O[C@H](CO)[C@@H](O)[C@H](O)[C@H]1O)C(C)C. The predicted molar refractivity (Wildman–Crippen MR) is 200 cm³/mol. The molecule has 0 unspecified atom stereocenters. The van der Waals surface area contributed by atoms with E-state index in [1.165, 1.54) is 18.2 Å². The summed E-state index contributed by atoms with van der Waals surface area (Å²) in [7, 11) is 0. The number of ketones is 1. The summed E-state index contributed by atoms with van der Waals surface area (Å²) in [5, 5.41) is 51.3. The van der Waals surface area contributed by atoms with Crippen LogP contribution in [0.2, 0.25) is 0 Å². The molecular formula is C37H59N5O14. The largest absolute Gasteiger partial charge is 0.461 e. The highest BCUT2D eigenvalue weighted by molar-refractivity contribution is 5.99. The van der Waals surface area contributed by atoms with Gasteiger partial charge in [0.25, 0.3) is 0 Å². The highest BCUT2D eigenvalue weighted by Gasteiger charge is 2.45. The third kappa shape index (κ3) is 15.6. The maximum atomic E-state index is 13.9. The number of anilines is 1. The molecule has 0 bridgehead atoms. The molecule has 0 radical (unpaired) electrons. The zero-order chi connectivity index (χ0) is 42.1. The molecule has 1 aromatic carbocycles. The van der Waals surface area contributed by atoms with Crippen LogP contribution in [0.5, 0.6) is 5.75 Å². The molecule has 1 aliphatic heterocycles. The molecule has 1 aromatic rings. The summed E-state index contributed by atoms with van der Waals surface area (Å²) in [6.45, 7) is 9.60. The smallest absolute Gasteiger partial charge is 0.312 e. The number of carbonyl (C=O) groups is 6. The van der Waals surface area contributed by atoms with Gasteiger partial charge in [-0.3, -0.25) is 24.0 Å². The molecule has 316 valence electrons. The third-order valence-electron chi connectivity index (χ3n) is 8.73. The van der Waals surface area contributed by atoms with Crippen LogP contribution >= 0.6 is 0 Å². The first-order chi connectivity index (χ1) is 26.4. The molecule has 0 saturated carbocycles. The van der Waals surface area contributed by atoms with E-state index in [1.54, 1.807) is 41.5 Å². The quantitative estimate of drug-likeness (QED) is 0.0503. The number of nitrogens with two attached hydrogens (primary N) is 1. The van der Waals surface area contributed by atoms with Crippen molar-refractivity contribution in [2.75, 3.05) is 31.7 Å². The van der Waals surface area contributed by atoms with E-state index in [2.05, 4.69) is 21.3 Å². The molecule has 1 aliphatic rings. The lowest BCUT2D eigenvalue weighted by molar-refractivity contribution is -0.277. The highest BCUT2D eigenvalue weighted by atomic mass is 16.7. The number of amides is 5. The van der Waals surface area contributed by atoms with Gasteiger partial charge >= 0.3 is 12.0 Å². The lowest BCUT2D eigenvalue weighted by Gasteiger charge is -2.39. The number of rotatable bonds is 23. The van der Waals surface area contributed by atoms with Crippen molar-refractivity contribution >= 4 is 41.2 Å². The van der Waals surface area contributed by atoms with Crippen molar-refractivity contribution < 1.29 is 68.1 Å². The Balaban J connectivity index is 2.31. The molecule has 1 saturated heterocycles. The van der Waals surface area contributed by atoms with Gasteiger partial charge in [0, 0.05) is 25.3 Å². The molecule has 19 heteroatoms. The number of hydrogen-bond donors (Lipinski definition) is 9. The predicted octanol–water partition coefficient (Wildman–Crippen LogP) is -0.401. The van der Waals surface area contributed by atoms with Gasteiger partial charge in [0.2, 0.25) is 24.0 Å². The van der Waals surface area contributed by atoms with Gasteiger partial charge in [0.05, 0.1) is 31.4 Å². The minimum absolute atomic E-state index is 0.00824. The first-order valence-electron chi connectivity index (χ1n) is 18.7. The second-order valence-electron chi connectivity index (χ2n) is 14.4. The van der Waals surface area contributed by atoms with E-state index in [1.807, 2.05) is 0 Å². The van der Waals surface area contributed by atoms with Crippen LogP contribution in [0.4, 0.5) is 10.5 Å². The number of aliphatic hydroxyl groups is 4. The number of aliphatic hydroxyl groups excluding tert-OH is 4. The normalized spacial score (nSPS) is 20.6. The minimum atomic E-state index is -1.80. The van der Waals surface area contributed by atoms with Crippen molar-refractivity contribution in [3.63, 3.8) is 0 Å². The number of urea groups is 1. The molecule has 0 aliphatic carbocycles. The van der Waals surface area contributed by atoms with Crippen molar-refractivity contribution in [1.82, 2.24) is 16.0 Å². The summed E-state index contributed by atoms with van der Waals surface area (Å²) < 4.78 is 22.1. The van der Waals surface area contributed by atoms with Crippen LogP contribution in [0.3, 0.4) is 0 Å². The molecule has 10 N–H and O–H groups in total. The fourth-order valence-electron chi connectivity index (χ4n) is 5.25. The van der Waals surface area contributed by atoms with Crippen LogP contribution in [-0.2, 0) is 44.8 Å². The van der Waals surface area contributed by atoms with Crippen LogP contribution in [0, 0.1) is 17.8 Å². The minimum Gasteiger partial charge on any atom is -0.461 e. The van der Waals surface area contributed by atoms with Crippen molar-refractivity contribution in [3.05, 3.63) is 23.8 Å². The number of ether oxygens (including phenoxy) is 4. The van der Waals surface area contributed by atoms with E-state index >= 15 is 0 Å². The van der Waals surface area contributed by atoms with Crippen LogP contribution in [0.25, 0.3) is 0 Å². The molecule has 0 spiro atoms. The van der Waals surface area contributed by atoms with E-state index in [9.17, 15) is 49.2 Å². The zero-order valence-electron chi connectivity index (χ0n) is 32.8. The Kier molecular flexibility index (Phi) is 20.1. The lowest BCUT2D eigenvalue weighted by atomic mass is 9.99. The van der Waals surface area contributed by atoms with Crippen molar-refractivity contribution in [2.24, 2.45) is 23.5 Å². The van der Waals surface area contributed by atoms with Gasteiger partial charge in [-0.05, 0) is 36.5 Å². The van der Waals surface area contributed by atoms with E-state index in [4.69, 9.17) is 24.7 Å². The Hall–Kier alpha value is -4.40. The lowest BCUT2D eigenvalue weighted by Crippen LogP contribution is -2.60. The Bertz CT molecular complexity index is 1470. The molecule has 19 nitrogen and oxygen atoms in total. The number of hydrogen-bond acceptors (Lipinski definition) is 14. The Morgan fingerprint density at radius 3 is 2.16 bits per heavy atom.